The van der Waals surface area contributed by atoms with Crippen LogP contribution >= 0.6 is 11.6 Å². The van der Waals surface area contributed by atoms with Crippen LogP contribution in [0.15, 0.2) is 24.3 Å². The van der Waals surface area contributed by atoms with Crippen LogP contribution in [-0.2, 0) is 6.42 Å². The van der Waals surface area contributed by atoms with E-state index in [0.717, 1.165) is 36.3 Å². The summed E-state index contributed by atoms with van der Waals surface area (Å²) in [7, 11) is 0. The minimum Gasteiger partial charge on any atom is -0.324 e. The van der Waals surface area contributed by atoms with E-state index in [2.05, 4.69) is 46.3 Å². The summed E-state index contributed by atoms with van der Waals surface area (Å²) in [5.74, 6) is 0.925. The molecule has 0 spiro atoms. The predicted octanol–water partition coefficient (Wildman–Crippen LogP) is 3.83. The third kappa shape index (κ3) is 2.08. The fraction of sp³-hybridized carbons (Fsp3) is 0.333. The van der Waals surface area contributed by atoms with Crippen LogP contribution in [0, 0.1) is 13.8 Å². The summed E-state index contributed by atoms with van der Waals surface area (Å²) in [4.78, 5) is 2.25. The van der Waals surface area contributed by atoms with E-state index in [4.69, 9.17) is 11.6 Å². The summed E-state index contributed by atoms with van der Waals surface area (Å²) in [6.45, 7) is 5.03. The highest BCUT2D eigenvalue weighted by molar-refractivity contribution is 6.30. The van der Waals surface area contributed by atoms with Gasteiger partial charge in [-0.3, -0.25) is 0 Å². The third-order valence-corrected chi connectivity index (χ3v) is 4.16. The maximum Gasteiger partial charge on any atom is 0.159 e. The number of rotatable bonds is 1. The fourth-order valence-electron chi connectivity index (χ4n) is 2.57. The summed E-state index contributed by atoms with van der Waals surface area (Å²) in [6, 6.07) is 8.50. The maximum atomic E-state index is 6.03. The lowest BCUT2D eigenvalue weighted by molar-refractivity contribution is 0.750. The van der Waals surface area contributed by atoms with Crippen LogP contribution < -0.4 is 4.90 Å². The molecule has 4 heteroatoms. The molecular weight excluding hydrogens is 258 g/mol. The first-order chi connectivity index (χ1) is 9.18. The lowest BCUT2D eigenvalue weighted by atomic mass is 10.0. The van der Waals surface area contributed by atoms with Crippen molar-refractivity contribution in [2.45, 2.75) is 26.7 Å². The summed E-state index contributed by atoms with van der Waals surface area (Å²) >= 11 is 6.03. The van der Waals surface area contributed by atoms with Crippen molar-refractivity contribution >= 4 is 23.1 Å². The van der Waals surface area contributed by atoms with Gasteiger partial charge in [0.25, 0.3) is 0 Å². The van der Waals surface area contributed by atoms with Crippen molar-refractivity contribution in [1.29, 1.82) is 0 Å². The van der Waals surface area contributed by atoms with E-state index < -0.39 is 0 Å². The van der Waals surface area contributed by atoms with Crippen LogP contribution in [0.25, 0.3) is 0 Å². The molecule has 1 aliphatic rings. The van der Waals surface area contributed by atoms with E-state index in [-0.39, 0.29) is 0 Å². The second kappa shape index (κ2) is 4.82. The highest BCUT2D eigenvalue weighted by Gasteiger charge is 2.21. The van der Waals surface area contributed by atoms with Crippen LogP contribution in [0.3, 0.4) is 0 Å². The quantitative estimate of drug-likeness (QED) is 0.791. The first kappa shape index (κ1) is 12.4. The van der Waals surface area contributed by atoms with Gasteiger partial charge in [-0.1, -0.05) is 29.8 Å². The second-order valence-corrected chi connectivity index (χ2v) is 5.31. The lowest BCUT2D eigenvalue weighted by Crippen LogP contribution is -2.26. The summed E-state index contributed by atoms with van der Waals surface area (Å²) in [6.07, 6.45) is 2.27. The largest absolute Gasteiger partial charge is 0.324 e. The molecule has 3 rings (SSSR count). The number of para-hydroxylation sites is 1. The average Bonchev–Trinajstić information content (AvgIpc) is 2.45. The van der Waals surface area contributed by atoms with Gasteiger partial charge in [-0.05, 0) is 49.4 Å². The van der Waals surface area contributed by atoms with Crippen LogP contribution in [-0.4, -0.2) is 16.7 Å². The van der Waals surface area contributed by atoms with Gasteiger partial charge in [0.2, 0.25) is 0 Å². The Morgan fingerprint density at radius 3 is 2.74 bits per heavy atom. The zero-order valence-electron chi connectivity index (χ0n) is 11.2. The Bertz CT molecular complexity index is 625. The van der Waals surface area contributed by atoms with Gasteiger partial charge in [-0.25, -0.2) is 0 Å². The maximum absolute atomic E-state index is 6.03. The molecule has 0 N–H and O–H groups in total. The molecule has 19 heavy (non-hydrogen) atoms. The van der Waals surface area contributed by atoms with Gasteiger partial charge in [0.15, 0.2) is 11.0 Å². The van der Waals surface area contributed by atoms with Crippen LogP contribution in [0.2, 0.25) is 5.15 Å². The van der Waals surface area contributed by atoms with Crippen molar-refractivity contribution < 1.29 is 0 Å². The standard InChI is InChI=1S/C15H16ClN3/c1-10-11(2)15(18-17-14(10)16)19-9-5-7-12-6-3-4-8-13(12)19/h3-4,6,8H,5,7,9H2,1-2H3. The number of aromatic nitrogens is 2. The van der Waals surface area contributed by atoms with Crippen LogP contribution in [0.1, 0.15) is 23.1 Å². The van der Waals surface area contributed by atoms with Crippen molar-refractivity contribution in [3.05, 3.63) is 46.1 Å². The molecule has 1 aromatic heterocycles. The zero-order valence-corrected chi connectivity index (χ0v) is 11.9. The van der Waals surface area contributed by atoms with Crippen molar-refractivity contribution in [2.24, 2.45) is 0 Å². The second-order valence-electron chi connectivity index (χ2n) is 4.95. The molecular formula is C15H16ClN3. The number of aryl methyl sites for hydroxylation is 1. The van der Waals surface area contributed by atoms with Gasteiger partial charge in [0, 0.05) is 12.2 Å². The number of hydrogen-bond acceptors (Lipinski definition) is 3. The van der Waals surface area contributed by atoms with E-state index in [0.29, 0.717) is 5.15 Å². The Hall–Kier alpha value is -1.61. The molecule has 1 aliphatic heterocycles. The van der Waals surface area contributed by atoms with Gasteiger partial charge in [0.05, 0.1) is 0 Å². The molecule has 0 aliphatic carbocycles. The van der Waals surface area contributed by atoms with E-state index in [1.165, 1.54) is 11.3 Å². The fourth-order valence-corrected chi connectivity index (χ4v) is 2.75. The molecule has 0 unspecified atom stereocenters. The average molecular weight is 274 g/mol. The summed E-state index contributed by atoms with van der Waals surface area (Å²) in [5.41, 5.74) is 4.74. The normalized spacial score (nSPS) is 14.4. The molecule has 2 aromatic rings. The van der Waals surface area contributed by atoms with E-state index in [9.17, 15) is 0 Å². The Morgan fingerprint density at radius 2 is 1.89 bits per heavy atom. The van der Waals surface area contributed by atoms with E-state index >= 15 is 0 Å². The molecule has 0 saturated heterocycles. The molecule has 3 nitrogen and oxygen atoms in total. The number of hydrogen-bond donors (Lipinski definition) is 0. The Balaban J connectivity index is 2.12. The predicted molar refractivity (Wildman–Crippen MR) is 78.3 cm³/mol. The lowest BCUT2D eigenvalue weighted by Gasteiger charge is -2.31. The minimum absolute atomic E-state index is 0.492. The first-order valence-corrected chi connectivity index (χ1v) is 6.91. The van der Waals surface area contributed by atoms with E-state index in [1.54, 1.807) is 0 Å². The summed E-state index contributed by atoms with van der Waals surface area (Å²) < 4.78 is 0. The Morgan fingerprint density at radius 1 is 1.11 bits per heavy atom. The molecule has 0 saturated carbocycles. The number of halogens is 1. The first-order valence-electron chi connectivity index (χ1n) is 6.53. The van der Waals surface area contributed by atoms with Gasteiger partial charge in [0.1, 0.15) is 0 Å². The molecule has 0 atom stereocenters. The SMILES string of the molecule is Cc1c(Cl)nnc(N2CCCc3ccccc32)c1C. The van der Waals surface area contributed by atoms with Gasteiger partial charge in [-0.15, -0.1) is 10.2 Å². The van der Waals surface area contributed by atoms with Gasteiger partial charge < -0.3 is 4.90 Å². The number of fused-ring (bicyclic) bond motifs is 1. The monoisotopic (exact) mass is 273 g/mol. The molecule has 0 bridgehead atoms. The Labute approximate surface area is 118 Å². The van der Waals surface area contributed by atoms with Crippen molar-refractivity contribution in [1.82, 2.24) is 10.2 Å². The molecule has 0 amide bonds. The van der Waals surface area contributed by atoms with Crippen molar-refractivity contribution in [3.63, 3.8) is 0 Å². The highest BCUT2D eigenvalue weighted by atomic mass is 35.5. The van der Waals surface area contributed by atoms with Crippen molar-refractivity contribution in [2.75, 3.05) is 11.4 Å². The van der Waals surface area contributed by atoms with Gasteiger partial charge >= 0.3 is 0 Å². The number of anilines is 2. The minimum atomic E-state index is 0.492. The third-order valence-electron chi connectivity index (χ3n) is 3.81. The molecule has 2 heterocycles. The zero-order chi connectivity index (χ0) is 13.4. The van der Waals surface area contributed by atoms with E-state index in [1.807, 2.05) is 6.92 Å². The summed E-state index contributed by atoms with van der Waals surface area (Å²) in [5, 5.41) is 8.86. The number of nitrogens with zero attached hydrogens (tertiary/aromatic N) is 3. The van der Waals surface area contributed by atoms with Crippen molar-refractivity contribution in [3.8, 4) is 0 Å². The van der Waals surface area contributed by atoms with Crippen LogP contribution in [0.5, 0.6) is 0 Å². The van der Waals surface area contributed by atoms with Crippen LogP contribution in [0.4, 0.5) is 11.5 Å². The molecule has 0 fully saturated rings. The van der Waals surface area contributed by atoms with Gasteiger partial charge in [-0.2, -0.15) is 0 Å². The smallest absolute Gasteiger partial charge is 0.159 e. The topological polar surface area (TPSA) is 29.0 Å². The number of benzene rings is 1. The Kier molecular flexibility index (Phi) is 3.15. The highest BCUT2D eigenvalue weighted by Crippen LogP contribution is 2.34. The molecule has 1 aromatic carbocycles. The molecule has 0 radical (unpaired) electrons. The molecule has 98 valence electrons.